The summed E-state index contributed by atoms with van der Waals surface area (Å²) in [7, 11) is 0. The van der Waals surface area contributed by atoms with Gasteiger partial charge < -0.3 is 44.0 Å². The van der Waals surface area contributed by atoms with Gasteiger partial charge in [0.15, 0.2) is 29.5 Å². The van der Waals surface area contributed by atoms with Crippen molar-refractivity contribution < 1.29 is 67.4 Å². The largest absolute Gasteiger partial charge is 0.459 e. The number of hydrogen-bond donors (Lipinski definition) is 3. The Labute approximate surface area is 336 Å². The zero-order valence-corrected chi connectivity index (χ0v) is 35.4. The SMILES string of the molecule is C/C=C(/C)C(=O)O[C@H]1C(C)=C2[C@H]([C@@H]1OC(=O)CCCCCCC)[C@@](C)(OC(C)=O)C[C@H](OC(=O)CCCCCCNC(=O)OC(C)(C)C)[C@@]1(O)[C@H]2OC(=O)[C@@]1(C)O. The van der Waals surface area contributed by atoms with Crippen molar-refractivity contribution in [1.82, 2.24) is 5.32 Å². The van der Waals surface area contributed by atoms with Crippen molar-refractivity contribution in [3.8, 4) is 0 Å². The molecule has 15 nitrogen and oxygen atoms in total. The third kappa shape index (κ3) is 11.4. The summed E-state index contributed by atoms with van der Waals surface area (Å²) in [5, 5.41) is 27.0. The molecule has 1 aliphatic heterocycles. The number of fused-ring (bicyclic) bond motifs is 3. The fourth-order valence-corrected chi connectivity index (χ4v) is 7.95. The Bertz CT molecular complexity index is 1560. The Morgan fingerprint density at radius 1 is 0.895 bits per heavy atom. The highest BCUT2D eigenvalue weighted by atomic mass is 16.6. The lowest BCUT2D eigenvalue weighted by Gasteiger charge is -2.41. The van der Waals surface area contributed by atoms with Crippen molar-refractivity contribution in [2.75, 3.05) is 6.54 Å². The number of rotatable bonds is 18. The summed E-state index contributed by atoms with van der Waals surface area (Å²) in [4.78, 5) is 78.4. The summed E-state index contributed by atoms with van der Waals surface area (Å²) in [5.74, 6) is -5.21. The van der Waals surface area contributed by atoms with Gasteiger partial charge in [0.25, 0.3) is 0 Å². The van der Waals surface area contributed by atoms with E-state index in [2.05, 4.69) is 12.2 Å². The Morgan fingerprint density at radius 3 is 2.04 bits per heavy atom. The molecule has 3 N–H and O–H groups in total. The minimum atomic E-state index is -2.63. The van der Waals surface area contributed by atoms with E-state index >= 15 is 0 Å². The van der Waals surface area contributed by atoms with E-state index in [9.17, 15) is 39.0 Å². The van der Waals surface area contributed by atoms with Crippen molar-refractivity contribution in [2.45, 2.75) is 193 Å². The normalized spacial score (nSPS) is 29.7. The van der Waals surface area contributed by atoms with E-state index in [0.717, 1.165) is 32.6 Å². The Kier molecular flexibility index (Phi) is 16.3. The highest BCUT2D eigenvalue weighted by Crippen LogP contribution is 2.57. The van der Waals surface area contributed by atoms with Crippen LogP contribution in [0.1, 0.15) is 146 Å². The van der Waals surface area contributed by atoms with Gasteiger partial charge >= 0.3 is 35.9 Å². The monoisotopic (exact) mass is 807 g/mol. The van der Waals surface area contributed by atoms with Crippen LogP contribution in [0.15, 0.2) is 22.8 Å². The third-order valence-electron chi connectivity index (χ3n) is 11.0. The number of alkyl carbamates (subject to hydrolysis) is 1. The number of unbranched alkanes of at least 4 members (excludes halogenated alkanes) is 7. The van der Waals surface area contributed by atoms with Crippen LogP contribution >= 0.6 is 0 Å². The molecule has 57 heavy (non-hydrogen) atoms. The van der Waals surface area contributed by atoms with Gasteiger partial charge in [-0.2, -0.15) is 0 Å². The average molecular weight is 808 g/mol. The number of ether oxygens (including phenoxy) is 6. The molecule has 3 rings (SSSR count). The molecule has 322 valence electrons. The second-order valence-corrected chi connectivity index (χ2v) is 16.9. The van der Waals surface area contributed by atoms with Gasteiger partial charge in [0, 0.05) is 38.3 Å². The van der Waals surface area contributed by atoms with Crippen LogP contribution in [0.5, 0.6) is 0 Å². The summed E-state index contributed by atoms with van der Waals surface area (Å²) < 4.78 is 35.0. The maximum absolute atomic E-state index is 13.5. The first-order chi connectivity index (χ1) is 26.5. The molecule has 2 fully saturated rings. The lowest BCUT2D eigenvalue weighted by Crippen LogP contribution is -2.64. The van der Waals surface area contributed by atoms with Crippen molar-refractivity contribution in [3.63, 3.8) is 0 Å². The van der Waals surface area contributed by atoms with Gasteiger partial charge in [-0.05, 0) is 85.8 Å². The number of allylic oxidation sites excluding steroid dienone is 1. The van der Waals surface area contributed by atoms with Gasteiger partial charge in [-0.15, -0.1) is 0 Å². The summed E-state index contributed by atoms with van der Waals surface area (Å²) in [5.41, 5.74) is -6.99. The van der Waals surface area contributed by atoms with Crippen molar-refractivity contribution in [3.05, 3.63) is 22.8 Å². The molecule has 0 unspecified atom stereocenters. The first kappa shape index (κ1) is 47.4. The Balaban J connectivity index is 1.97. The molecule has 1 amide bonds. The topological polar surface area (TPSA) is 210 Å². The van der Waals surface area contributed by atoms with E-state index in [1.54, 1.807) is 47.6 Å². The van der Waals surface area contributed by atoms with Gasteiger partial charge in [-0.1, -0.05) is 51.5 Å². The molecular weight excluding hydrogens is 742 g/mol. The molecule has 8 atom stereocenters. The van der Waals surface area contributed by atoms with Crippen LogP contribution in [-0.2, 0) is 52.4 Å². The highest BCUT2D eigenvalue weighted by Gasteiger charge is 2.76. The molecule has 0 radical (unpaired) electrons. The molecular formula is C42H65NO14. The zero-order valence-electron chi connectivity index (χ0n) is 35.4. The zero-order chi connectivity index (χ0) is 42.9. The number of nitrogens with one attached hydrogen (secondary N) is 1. The van der Waals surface area contributed by atoms with Crippen LogP contribution in [0.4, 0.5) is 4.79 Å². The van der Waals surface area contributed by atoms with Gasteiger partial charge in [0.05, 0.1) is 5.92 Å². The summed E-state index contributed by atoms with van der Waals surface area (Å²) in [6, 6.07) is 0. The number of amides is 1. The molecule has 0 bridgehead atoms. The number of hydrogen-bond acceptors (Lipinski definition) is 14. The quantitative estimate of drug-likeness (QED) is 0.0506. The van der Waals surface area contributed by atoms with Crippen molar-refractivity contribution in [2.24, 2.45) is 5.92 Å². The summed E-state index contributed by atoms with van der Waals surface area (Å²) >= 11 is 0. The molecule has 1 heterocycles. The van der Waals surface area contributed by atoms with Gasteiger partial charge in [-0.3, -0.25) is 14.4 Å². The fourth-order valence-electron chi connectivity index (χ4n) is 7.95. The lowest BCUT2D eigenvalue weighted by molar-refractivity contribution is -0.212. The van der Waals surface area contributed by atoms with Crippen LogP contribution < -0.4 is 5.32 Å². The number of aliphatic hydroxyl groups is 2. The van der Waals surface area contributed by atoms with Crippen LogP contribution in [0.2, 0.25) is 0 Å². The molecule has 0 aromatic rings. The first-order valence-corrected chi connectivity index (χ1v) is 20.3. The van der Waals surface area contributed by atoms with E-state index in [4.69, 9.17) is 28.4 Å². The third-order valence-corrected chi connectivity index (χ3v) is 11.0. The maximum atomic E-state index is 13.5. The molecule has 0 aromatic heterocycles. The van der Waals surface area contributed by atoms with Crippen LogP contribution in [0.3, 0.4) is 0 Å². The Hall–Kier alpha value is -3.98. The van der Waals surface area contributed by atoms with E-state index in [0.29, 0.717) is 38.6 Å². The second-order valence-electron chi connectivity index (χ2n) is 16.9. The first-order valence-electron chi connectivity index (χ1n) is 20.3. The van der Waals surface area contributed by atoms with Gasteiger partial charge in [-0.25, -0.2) is 14.4 Å². The predicted octanol–water partition coefficient (Wildman–Crippen LogP) is 5.60. The molecule has 1 saturated heterocycles. The molecule has 2 aliphatic carbocycles. The van der Waals surface area contributed by atoms with E-state index in [1.807, 2.05) is 0 Å². The molecule has 15 heteroatoms. The molecule has 1 saturated carbocycles. The number of esters is 5. The number of carbonyl (C=O) groups excluding carboxylic acids is 6. The summed E-state index contributed by atoms with van der Waals surface area (Å²) in [6.07, 6.45) is 1.17. The van der Waals surface area contributed by atoms with Crippen LogP contribution in [0, 0.1) is 5.92 Å². The predicted molar refractivity (Wildman–Crippen MR) is 206 cm³/mol. The van der Waals surface area contributed by atoms with E-state index in [1.165, 1.54) is 13.8 Å². The minimum Gasteiger partial charge on any atom is -0.459 e. The average Bonchev–Trinajstić information content (AvgIpc) is 3.44. The van der Waals surface area contributed by atoms with Crippen LogP contribution in [0.25, 0.3) is 0 Å². The van der Waals surface area contributed by atoms with Crippen LogP contribution in [-0.4, -0.2) is 99.5 Å². The Morgan fingerprint density at radius 2 is 1.47 bits per heavy atom. The fraction of sp³-hybridized carbons (Fsp3) is 0.762. The second kappa shape index (κ2) is 19.6. The maximum Gasteiger partial charge on any atom is 0.407 e. The van der Waals surface area contributed by atoms with E-state index in [-0.39, 0.29) is 29.6 Å². The highest BCUT2D eigenvalue weighted by molar-refractivity contribution is 5.88. The van der Waals surface area contributed by atoms with E-state index < -0.39 is 95.1 Å². The van der Waals surface area contributed by atoms with Crippen molar-refractivity contribution >= 4 is 35.9 Å². The van der Waals surface area contributed by atoms with Gasteiger partial charge in [0.1, 0.15) is 17.3 Å². The standard InChI is InChI=1S/C42H65NO14/c1-11-13-14-15-18-22-30(46)53-34-32-31(26(4)33(34)54-36(47)25(3)12-2)35-42(51,41(10,50)37(48)55-35)28(24-40(32,9)56-27(5)44)52-29(45)21-19-16-17-20-23-43-38(49)57-39(6,7)8/h12,28,32-35,50-51H,11,13-24H2,1-10H3,(H,43,49)/b25-12-/t28-,32+,33-,34-,35-,40-,41+,42+/m0/s1. The lowest BCUT2D eigenvalue weighted by atomic mass is 9.75. The van der Waals surface area contributed by atoms with Crippen molar-refractivity contribution in [1.29, 1.82) is 0 Å². The minimum absolute atomic E-state index is 0.0533. The van der Waals surface area contributed by atoms with Gasteiger partial charge in [0.2, 0.25) is 0 Å². The number of carbonyl (C=O) groups is 6. The summed E-state index contributed by atoms with van der Waals surface area (Å²) in [6.45, 7) is 16.3. The molecule has 0 spiro atoms. The molecule has 3 aliphatic rings. The smallest absolute Gasteiger partial charge is 0.407 e. The molecule has 0 aromatic carbocycles.